The second-order valence-electron chi connectivity index (χ2n) is 5.69. The molecule has 0 aromatic heterocycles. The van der Waals surface area contributed by atoms with Gasteiger partial charge in [0.25, 0.3) is 5.24 Å². The summed E-state index contributed by atoms with van der Waals surface area (Å²) in [6.07, 6.45) is 1.91. The average Bonchev–Trinajstić information content (AvgIpc) is 2.93. The minimum atomic E-state index is -0.332. The van der Waals surface area contributed by atoms with Crippen LogP contribution in [-0.2, 0) is 11.2 Å². The summed E-state index contributed by atoms with van der Waals surface area (Å²) < 4.78 is 14.2. The van der Waals surface area contributed by atoms with Crippen molar-refractivity contribution in [1.82, 2.24) is 4.90 Å². The molecule has 0 atom stereocenters. The Labute approximate surface area is 133 Å². The van der Waals surface area contributed by atoms with Gasteiger partial charge in [0, 0.05) is 31.8 Å². The van der Waals surface area contributed by atoms with Crippen LogP contribution in [0.4, 0.5) is 14.9 Å². The fourth-order valence-electron chi connectivity index (χ4n) is 3.09. The van der Waals surface area contributed by atoms with Crippen LogP contribution >= 0.6 is 11.8 Å². The monoisotopic (exact) mass is 322 g/mol. The lowest BCUT2D eigenvalue weighted by atomic mass is 9.96. The van der Waals surface area contributed by atoms with Gasteiger partial charge in [-0.05, 0) is 37.0 Å². The van der Waals surface area contributed by atoms with E-state index in [1.165, 1.54) is 17.8 Å². The first-order valence-electron chi connectivity index (χ1n) is 7.58. The van der Waals surface area contributed by atoms with Crippen LogP contribution in [0.3, 0.4) is 0 Å². The molecule has 2 aliphatic rings. The summed E-state index contributed by atoms with van der Waals surface area (Å²) in [4.78, 5) is 27.3. The van der Waals surface area contributed by atoms with E-state index in [9.17, 15) is 14.0 Å². The fraction of sp³-hybridized carbons (Fsp3) is 0.500. The van der Waals surface area contributed by atoms with Crippen LogP contribution in [0.5, 0.6) is 0 Å². The molecular formula is C16H19FN2O2S. The van der Waals surface area contributed by atoms with Crippen LogP contribution in [0.15, 0.2) is 12.1 Å². The summed E-state index contributed by atoms with van der Waals surface area (Å²) >= 11 is 1.29. The van der Waals surface area contributed by atoms with Gasteiger partial charge < -0.3 is 9.80 Å². The molecule has 4 nitrogen and oxygen atoms in total. The molecule has 2 amide bonds. The lowest BCUT2D eigenvalue weighted by Gasteiger charge is -2.31. The number of hydrogen-bond acceptors (Lipinski definition) is 3. The van der Waals surface area contributed by atoms with E-state index < -0.39 is 0 Å². The van der Waals surface area contributed by atoms with Gasteiger partial charge in [0.2, 0.25) is 5.91 Å². The number of benzene rings is 1. The number of amides is 2. The van der Waals surface area contributed by atoms with Crippen molar-refractivity contribution in [3.8, 4) is 0 Å². The first kappa shape index (κ1) is 15.3. The predicted octanol–water partition coefficient (Wildman–Crippen LogP) is 2.97. The van der Waals surface area contributed by atoms with Crippen LogP contribution in [0.2, 0.25) is 0 Å². The number of thioether (sulfide) groups is 1. The molecule has 3 rings (SSSR count). The van der Waals surface area contributed by atoms with E-state index >= 15 is 0 Å². The summed E-state index contributed by atoms with van der Waals surface area (Å²) in [6, 6.07) is 3.20. The second-order valence-corrected chi connectivity index (χ2v) is 6.74. The second kappa shape index (κ2) is 6.28. The summed E-state index contributed by atoms with van der Waals surface area (Å²) in [6.45, 7) is 3.62. The van der Waals surface area contributed by atoms with E-state index in [1.54, 1.807) is 15.9 Å². The van der Waals surface area contributed by atoms with Crippen LogP contribution in [0.25, 0.3) is 0 Å². The first-order valence-corrected chi connectivity index (χ1v) is 8.56. The zero-order chi connectivity index (χ0) is 15.7. The minimum absolute atomic E-state index is 0.0360. The number of carbonyl (C=O) groups excluding carboxylic acids is 2. The molecule has 1 saturated heterocycles. The summed E-state index contributed by atoms with van der Waals surface area (Å²) in [5.41, 5.74) is 2.41. The molecule has 118 valence electrons. The van der Waals surface area contributed by atoms with Crippen molar-refractivity contribution < 1.29 is 14.0 Å². The number of carbonyl (C=O) groups is 2. The van der Waals surface area contributed by atoms with Gasteiger partial charge in [-0.3, -0.25) is 9.59 Å². The van der Waals surface area contributed by atoms with Gasteiger partial charge in [0.1, 0.15) is 5.82 Å². The molecule has 2 aliphatic heterocycles. The normalized spacial score (nSPS) is 17.8. The molecule has 0 saturated carbocycles. The number of aryl methyl sites for hydroxylation is 1. The van der Waals surface area contributed by atoms with E-state index in [4.69, 9.17) is 0 Å². The van der Waals surface area contributed by atoms with Crippen molar-refractivity contribution in [2.45, 2.75) is 26.2 Å². The van der Waals surface area contributed by atoms with Gasteiger partial charge in [0.05, 0.1) is 5.69 Å². The molecule has 0 N–H and O–H groups in total. The maximum Gasteiger partial charge on any atom is 0.281 e. The SMILES string of the molecule is Cc1ccc(F)c2c1CCCN2C(=O)CCN1CCSC1=O. The number of anilines is 1. The highest BCUT2D eigenvalue weighted by Crippen LogP contribution is 2.33. The number of fused-ring (bicyclic) bond motifs is 1. The molecule has 1 fully saturated rings. The molecule has 0 radical (unpaired) electrons. The zero-order valence-electron chi connectivity index (χ0n) is 12.6. The van der Waals surface area contributed by atoms with Gasteiger partial charge in [-0.25, -0.2) is 4.39 Å². The number of halogens is 1. The quantitative estimate of drug-likeness (QED) is 0.859. The van der Waals surface area contributed by atoms with Crippen LogP contribution < -0.4 is 4.90 Å². The Bertz CT molecular complexity index is 620. The smallest absolute Gasteiger partial charge is 0.281 e. The van der Waals surface area contributed by atoms with Crippen LogP contribution in [0.1, 0.15) is 24.0 Å². The van der Waals surface area contributed by atoms with E-state index in [1.807, 2.05) is 6.92 Å². The van der Waals surface area contributed by atoms with Crippen molar-refractivity contribution in [2.75, 3.05) is 30.3 Å². The molecule has 0 unspecified atom stereocenters. The van der Waals surface area contributed by atoms with E-state index in [0.29, 0.717) is 25.3 Å². The van der Waals surface area contributed by atoms with Gasteiger partial charge in [-0.15, -0.1) is 0 Å². The number of hydrogen-bond donors (Lipinski definition) is 0. The zero-order valence-corrected chi connectivity index (χ0v) is 13.4. The minimum Gasteiger partial charge on any atom is -0.332 e. The van der Waals surface area contributed by atoms with Crippen molar-refractivity contribution in [3.63, 3.8) is 0 Å². The molecule has 0 aliphatic carbocycles. The Balaban J connectivity index is 1.75. The topological polar surface area (TPSA) is 40.6 Å². The Hall–Kier alpha value is -1.56. The van der Waals surface area contributed by atoms with Crippen molar-refractivity contribution in [3.05, 3.63) is 29.1 Å². The van der Waals surface area contributed by atoms with E-state index in [2.05, 4.69) is 0 Å². The van der Waals surface area contributed by atoms with Crippen LogP contribution in [0, 0.1) is 12.7 Å². The lowest BCUT2D eigenvalue weighted by Crippen LogP contribution is -2.38. The third-order valence-electron chi connectivity index (χ3n) is 4.29. The molecule has 1 aromatic carbocycles. The van der Waals surface area contributed by atoms with Gasteiger partial charge in [0.15, 0.2) is 0 Å². The molecule has 0 bridgehead atoms. The molecule has 1 aromatic rings. The summed E-state index contributed by atoms with van der Waals surface area (Å²) in [5.74, 6) is 0.351. The highest BCUT2D eigenvalue weighted by Gasteiger charge is 2.28. The van der Waals surface area contributed by atoms with Crippen LogP contribution in [-0.4, -0.2) is 41.4 Å². The molecule has 6 heteroatoms. The fourth-order valence-corrected chi connectivity index (χ4v) is 3.94. The highest BCUT2D eigenvalue weighted by atomic mass is 32.2. The van der Waals surface area contributed by atoms with E-state index in [0.717, 1.165) is 29.7 Å². The van der Waals surface area contributed by atoms with Gasteiger partial charge in [-0.1, -0.05) is 17.8 Å². The Kier molecular flexibility index (Phi) is 4.38. The number of nitrogens with zero attached hydrogens (tertiary/aromatic N) is 2. The third kappa shape index (κ3) is 2.84. The molecule has 22 heavy (non-hydrogen) atoms. The lowest BCUT2D eigenvalue weighted by molar-refractivity contribution is -0.118. The predicted molar refractivity (Wildman–Crippen MR) is 85.9 cm³/mol. The highest BCUT2D eigenvalue weighted by molar-refractivity contribution is 8.13. The van der Waals surface area contributed by atoms with Gasteiger partial charge in [-0.2, -0.15) is 0 Å². The van der Waals surface area contributed by atoms with Crippen molar-refractivity contribution >= 4 is 28.6 Å². The van der Waals surface area contributed by atoms with E-state index in [-0.39, 0.29) is 23.4 Å². The average molecular weight is 322 g/mol. The van der Waals surface area contributed by atoms with Gasteiger partial charge >= 0.3 is 0 Å². The Morgan fingerprint density at radius 2 is 2.18 bits per heavy atom. The number of rotatable bonds is 3. The molecular weight excluding hydrogens is 303 g/mol. The van der Waals surface area contributed by atoms with Crippen molar-refractivity contribution in [1.29, 1.82) is 0 Å². The Morgan fingerprint density at radius 1 is 1.36 bits per heavy atom. The summed E-state index contributed by atoms with van der Waals surface area (Å²) in [5, 5.41) is 0.0360. The largest absolute Gasteiger partial charge is 0.332 e. The molecule has 2 heterocycles. The van der Waals surface area contributed by atoms with Crippen molar-refractivity contribution in [2.24, 2.45) is 0 Å². The maximum absolute atomic E-state index is 14.2. The first-order chi connectivity index (χ1) is 10.6. The standard InChI is InChI=1S/C16H19FN2O2S/c1-11-4-5-13(17)15-12(11)3-2-7-19(15)14(20)6-8-18-9-10-22-16(18)21/h4-5H,2-3,6-10H2,1H3. The Morgan fingerprint density at radius 3 is 2.91 bits per heavy atom. The molecule has 0 spiro atoms. The third-order valence-corrected chi connectivity index (χ3v) is 5.18. The maximum atomic E-state index is 14.2. The summed E-state index contributed by atoms with van der Waals surface area (Å²) in [7, 11) is 0.